The summed E-state index contributed by atoms with van der Waals surface area (Å²) in [6, 6.07) is 13.2. The van der Waals surface area contributed by atoms with Crippen LogP contribution in [0.5, 0.6) is 0 Å². The molecule has 2 aliphatic rings. The topological polar surface area (TPSA) is 83.7 Å². The Morgan fingerprint density at radius 1 is 1.21 bits per heavy atom. The highest BCUT2D eigenvalue weighted by molar-refractivity contribution is 6.10. The molecule has 0 unspecified atom stereocenters. The third-order valence-electron chi connectivity index (χ3n) is 6.81. The Hall–Kier alpha value is -3.55. The fourth-order valence-corrected chi connectivity index (χ4v) is 4.98. The standard InChI is InChI=1S/C25H24FN3O4/c1-28-21(30)13-25(24(28)32,17-7-4-8-18(26)12-17)14-22(31)29-11-5-6-16(15-29)23-27-19-9-2-3-10-20(19)33-23/h2-4,7-10,12,16H,5-6,11,13-15H2,1H3/t16-,25-/m1/s1. The van der Waals surface area contributed by atoms with Crippen molar-refractivity contribution in [2.45, 2.75) is 37.0 Å². The van der Waals surface area contributed by atoms with Gasteiger partial charge >= 0.3 is 0 Å². The lowest BCUT2D eigenvalue weighted by Crippen LogP contribution is -2.45. The van der Waals surface area contributed by atoms with Crippen LogP contribution in [0.4, 0.5) is 4.39 Å². The van der Waals surface area contributed by atoms with Gasteiger partial charge in [0.2, 0.25) is 17.7 Å². The minimum atomic E-state index is -1.39. The van der Waals surface area contributed by atoms with Crippen LogP contribution in [0.25, 0.3) is 11.1 Å². The van der Waals surface area contributed by atoms with Crippen molar-refractivity contribution in [3.05, 3.63) is 65.8 Å². The van der Waals surface area contributed by atoms with E-state index in [1.54, 1.807) is 11.0 Å². The summed E-state index contributed by atoms with van der Waals surface area (Å²) in [5.74, 6) is -1.05. The predicted molar refractivity (Wildman–Crippen MR) is 118 cm³/mol. The number of para-hydroxylation sites is 2. The Morgan fingerprint density at radius 3 is 2.76 bits per heavy atom. The van der Waals surface area contributed by atoms with Gasteiger partial charge in [-0.25, -0.2) is 9.37 Å². The maximum absolute atomic E-state index is 14.0. The Bertz CT molecular complexity index is 1220. The number of carbonyl (C=O) groups is 3. The number of amides is 3. The second-order valence-electron chi connectivity index (χ2n) is 8.90. The third-order valence-corrected chi connectivity index (χ3v) is 6.81. The molecule has 7 nitrogen and oxygen atoms in total. The van der Waals surface area contributed by atoms with Gasteiger partial charge in [0.1, 0.15) is 11.3 Å². The van der Waals surface area contributed by atoms with Crippen molar-refractivity contribution >= 4 is 28.8 Å². The number of likely N-dealkylation sites (N-methyl/N-ethyl adjacent to an activating group) is 1. The first-order valence-electron chi connectivity index (χ1n) is 11.1. The average molecular weight is 449 g/mol. The van der Waals surface area contributed by atoms with E-state index < -0.39 is 17.1 Å². The number of hydrogen-bond donors (Lipinski definition) is 0. The summed E-state index contributed by atoms with van der Waals surface area (Å²) >= 11 is 0. The van der Waals surface area contributed by atoms with E-state index in [-0.39, 0.29) is 30.6 Å². The second kappa shape index (κ2) is 8.10. The molecule has 0 aliphatic carbocycles. The van der Waals surface area contributed by atoms with Gasteiger partial charge in [-0.2, -0.15) is 0 Å². The highest BCUT2D eigenvalue weighted by atomic mass is 19.1. The molecule has 3 amide bonds. The SMILES string of the molecule is CN1C(=O)C[C@@](CC(=O)N2CCC[C@@H](c3nc4ccccc4o3)C2)(c2cccc(F)c2)C1=O. The lowest BCUT2D eigenvalue weighted by atomic mass is 9.75. The summed E-state index contributed by atoms with van der Waals surface area (Å²) in [6.45, 7) is 0.968. The van der Waals surface area contributed by atoms with Crippen molar-refractivity contribution in [3.8, 4) is 0 Å². The summed E-state index contributed by atoms with van der Waals surface area (Å²) in [6.07, 6.45) is 1.27. The molecule has 2 saturated heterocycles. The summed E-state index contributed by atoms with van der Waals surface area (Å²) in [4.78, 5) is 46.3. The quantitative estimate of drug-likeness (QED) is 0.570. The normalized spacial score (nSPS) is 23.5. The number of fused-ring (bicyclic) bond motifs is 1. The van der Waals surface area contributed by atoms with Crippen molar-refractivity contribution in [3.63, 3.8) is 0 Å². The van der Waals surface area contributed by atoms with Crippen LogP contribution >= 0.6 is 0 Å². The Balaban J connectivity index is 1.40. The second-order valence-corrected chi connectivity index (χ2v) is 8.90. The van der Waals surface area contributed by atoms with Gasteiger partial charge in [-0.15, -0.1) is 0 Å². The molecule has 3 aromatic rings. The number of hydrogen-bond acceptors (Lipinski definition) is 5. The minimum absolute atomic E-state index is 0.0520. The largest absolute Gasteiger partial charge is 0.440 e. The van der Waals surface area contributed by atoms with Crippen molar-refractivity contribution in [1.29, 1.82) is 0 Å². The van der Waals surface area contributed by atoms with E-state index in [9.17, 15) is 18.8 Å². The van der Waals surface area contributed by atoms with Crippen LogP contribution in [-0.2, 0) is 19.8 Å². The maximum Gasteiger partial charge on any atom is 0.240 e. The molecule has 2 fully saturated rings. The smallest absolute Gasteiger partial charge is 0.240 e. The molecule has 2 aromatic carbocycles. The third kappa shape index (κ3) is 3.69. The van der Waals surface area contributed by atoms with Gasteiger partial charge in [0.15, 0.2) is 11.5 Å². The summed E-state index contributed by atoms with van der Waals surface area (Å²) in [7, 11) is 1.40. The van der Waals surface area contributed by atoms with Gasteiger partial charge in [-0.05, 0) is 42.7 Å². The van der Waals surface area contributed by atoms with Gasteiger partial charge in [0.05, 0.1) is 11.3 Å². The molecule has 1 aromatic heterocycles. The van der Waals surface area contributed by atoms with E-state index in [1.807, 2.05) is 24.3 Å². The molecule has 0 radical (unpaired) electrons. The Kier molecular flexibility index (Phi) is 5.23. The minimum Gasteiger partial charge on any atom is -0.440 e. The van der Waals surface area contributed by atoms with Crippen LogP contribution < -0.4 is 0 Å². The molecule has 0 spiro atoms. The molecule has 33 heavy (non-hydrogen) atoms. The maximum atomic E-state index is 14.0. The average Bonchev–Trinajstić information content (AvgIpc) is 3.35. The number of imide groups is 1. The molecule has 5 rings (SSSR count). The zero-order chi connectivity index (χ0) is 23.2. The first-order chi connectivity index (χ1) is 15.9. The molecule has 0 saturated carbocycles. The van der Waals surface area contributed by atoms with Crippen molar-refractivity contribution in [1.82, 2.24) is 14.8 Å². The number of likely N-dealkylation sites (tertiary alicyclic amines) is 2. The van der Waals surface area contributed by atoms with Gasteiger partial charge in [-0.1, -0.05) is 24.3 Å². The lowest BCUT2D eigenvalue weighted by molar-refractivity contribution is -0.142. The first-order valence-corrected chi connectivity index (χ1v) is 11.1. The van der Waals surface area contributed by atoms with E-state index in [0.717, 1.165) is 23.3 Å². The molecule has 8 heteroatoms. The van der Waals surface area contributed by atoms with Crippen LogP contribution in [-0.4, -0.2) is 52.6 Å². The molecular weight excluding hydrogens is 425 g/mol. The number of oxazole rings is 1. The summed E-state index contributed by atoms with van der Waals surface area (Å²) < 4.78 is 19.9. The monoisotopic (exact) mass is 449 g/mol. The molecular formula is C25H24FN3O4. The van der Waals surface area contributed by atoms with Gasteiger partial charge < -0.3 is 9.32 Å². The summed E-state index contributed by atoms with van der Waals surface area (Å²) in [5.41, 5.74) is 0.444. The zero-order valence-electron chi connectivity index (χ0n) is 18.3. The molecule has 170 valence electrons. The predicted octanol–water partition coefficient (Wildman–Crippen LogP) is 3.39. The lowest BCUT2D eigenvalue weighted by Gasteiger charge is -2.34. The molecule has 2 aliphatic heterocycles. The molecule has 0 N–H and O–H groups in total. The number of aromatic nitrogens is 1. The van der Waals surface area contributed by atoms with Crippen molar-refractivity contribution in [2.24, 2.45) is 0 Å². The van der Waals surface area contributed by atoms with Gasteiger partial charge in [-0.3, -0.25) is 19.3 Å². The van der Waals surface area contributed by atoms with Crippen LogP contribution in [0.2, 0.25) is 0 Å². The van der Waals surface area contributed by atoms with Crippen LogP contribution in [0.3, 0.4) is 0 Å². The van der Waals surface area contributed by atoms with Crippen molar-refractivity contribution in [2.75, 3.05) is 20.1 Å². The number of benzene rings is 2. The van der Waals surface area contributed by atoms with E-state index in [0.29, 0.717) is 30.1 Å². The fourth-order valence-electron chi connectivity index (χ4n) is 4.98. The highest BCUT2D eigenvalue weighted by Gasteiger charge is 2.53. The molecule has 3 heterocycles. The number of nitrogens with zero attached hydrogens (tertiary/aromatic N) is 3. The van der Waals surface area contributed by atoms with Crippen LogP contribution in [0.15, 0.2) is 52.9 Å². The van der Waals surface area contributed by atoms with E-state index in [4.69, 9.17) is 4.42 Å². The molecule has 2 atom stereocenters. The highest BCUT2D eigenvalue weighted by Crippen LogP contribution is 2.40. The number of carbonyl (C=O) groups excluding carboxylic acids is 3. The van der Waals surface area contributed by atoms with Crippen molar-refractivity contribution < 1.29 is 23.2 Å². The number of piperidine rings is 1. The van der Waals surface area contributed by atoms with E-state index in [1.165, 1.54) is 25.2 Å². The Morgan fingerprint density at radius 2 is 2.03 bits per heavy atom. The summed E-state index contributed by atoms with van der Waals surface area (Å²) in [5, 5.41) is 0. The Labute approximate surface area is 190 Å². The molecule has 0 bridgehead atoms. The van der Waals surface area contributed by atoms with Crippen LogP contribution in [0.1, 0.15) is 43.1 Å². The fraction of sp³-hybridized carbons (Fsp3) is 0.360. The zero-order valence-corrected chi connectivity index (χ0v) is 18.3. The van der Waals surface area contributed by atoms with Gasteiger partial charge in [0.25, 0.3) is 0 Å². The van der Waals surface area contributed by atoms with E-state index >= 15 is 0 Å². The van der Waals surface area contributed by atoms with Gasteiger partial charge in [0, 0.05) is 33.0 Å². The van der Waals surface area contributed by atoms with E-state index in [2.05, 4.69) is 4.98 Å². The van der Waals surface area contributed by atoms with Crippen LogP contribution in [0, 0.1) is 5.82 Å². The number of rotatable bonds is 4. The first kappa shape index (κ1) is 21.3. The number of halogens is 1.